The fraction of sp³-hybridized carbons (Fsp3) is 1.00. The molecule has 0 aromatic heterocycles. The Morgan fingerprint density at radius 3 is 2.30 bits per heavy atom. The monoisotopic (exact) mass is 144 g/mol. The van der Waals surface area contributed by atoms with Crippen LogP contribution in [-0.4, -0.2) is 18.0 Å². The van der Waals surface area contributed by atoms with E-state index in [1.54, 1.807) is 0 Å². The van der Waals surface area contributed by atoms with Crippen molar-refractivity contribution in [1.82, 2.24) is 0 Å². The molecule has 2 heteroatoms. The van der Waals surface area contributed by atoms with Crippen LogP contribution in [0.15, 0.2) is 0 Å². The molecule has 1 rings (SSSR count). The minimum atomic E-state index is -0.0428. The van der Waals surface area contributed by atoms with E-state index in [1.807, 2.05) is 6.92 Å². The molecule has 0 amide bonds. The fourth-order valence-electron chi connectivity index (χ4n) is 1.59. The lowest BCUT2D eigenvalue weighted by Gasteiger charge is -2.38. The van der Waals surface area contributed by atoms with Crippen LogP contribution in [0.3, 0.4) is 0 Å². The first-order chi connectivity index (χ1) is 4.49. The summed E-state index contributed by atoms with van der Waals surface area (Å²) in [4.78, 5) is 0. The van der Waals surface area contributed by atoms with Crippen molar-refractivity contribution in [3.8, 4) is 0 Å². The highest BCUT2D eigenvalue weighted by Gasteiger charge is 2.30. The van der Waals surface area contributed by atoms with E-state index in [0.717, 1.165) is 6.42 Å². The van der Waals surface area contributed by atoms with Crippen LogP contribution in [0.2, 0.25) is 0 Å². The van der Waals surface area contributed by atoms with Gasteiger partial charge in [-0.25, -0.2) is 0 Å². The Morgan fingerprint density at radius 2 is 1.90 bits per heavy atom. The van der Waals surface area contributed by atoms with Crippen LogP contribution in [-0.2, 0) is 9.47 Å². The first-order valence-electron chi connectivity index (χ1n) is 3.83. The van der Waals surface area contributed by atoms with Gasteiger partial charge in [-0.3, -0.25) is 0 Å². The van der Waals surface area contributed by atoms with Crippen molar-refractivity contribution in [3.63, 3.8) is 0 Å². The zero-order chi connectivity index (χ0) is 7.78. The van der Waals surface area contributed by atoms with Gasteiger partial charge in [-0.2, -0.15) is 0 Å². The number of hydrogen-bond acceptors (Lipinski definition) is 2. The molecule has 0 aromatic rings. The van der Waals surface area contributed by atoms with E-state index < -0.39 is 0 Å². The van der Waals surface area contributed by atoms with Crippen molar-refractivity contribution < 1.29 is 9.47 Å². The SMILES string of the molecule is C[C@@H]1O[C@@H](C)CC(C)(C)O1. The first kappa shape index (κ1) is 8.02. The van der Waals surface area contributed by atoms with Crippen molar-refractivity contribution in [2.45, 2.75) is 52.1 Å². The summed E-state index contributed by atoms with van der Waals surface area (Å²) in [5.74, 6) is 0. The molecule has 0 unspecified atom stereocenters. The van der Waals surface area contributed by atoms with Gasteiger partial charge in [0.15, 0.2) is 6.29 Å². The fourth-order valence-corrected chi connectivity index (χ4v) is 1.59. The standard InChI is InChI=1S/C8H16O2/c1-6-5-8(3,4)10-7(2)9-6/h6-7H,5H2,1-4H3/t6-,7+/m0/s1. The summed E-state index contributed by atoms with van der Waals surface area (Å²) in [7, 11) is 0. The molecule has 0 aromatic carbocycles. The predicted octanol–water partition coefficient (Wildman–Crippen LogP) is 1.94. The third-order valence-electron chi connectivity index (χ3n) is 1.69. The van der Waals surface area contributed by atoms with Gasteiger partial charge in [0.2, 0.25) is 0 Å². The highest BCUT2D eigenvalue weighted by Crippen LogP contribution is 2.26. The van der Waals surface area contributed by atoms with E-state index in [1.165, 1.54) is 0 Å². The molecule has 0 N–H and O–H groups in total. The maximum atomic E-state index is 5.52. The lowest BCUT2D eigenvalue weighted by molar-refractivity contribution is -0.260. The number of hydrogen-bond donors (Lipinski definition) is 0. The molecule has 0 saturated carbocycles. The quantitative estimate of drug-likeness (QED) is 0.517. The normalized spacial score (nSPS) is 39.6. The molecule has 1 aliphatic rings. The topological polar surface area (TPSA) is 18.5 Å². The van der Waals surface area contributed by atoms with E-state index in [9.17, 15) is 0 Å². The van der Waals surface area contributed by atoms with E-state index in [-0.39, 0.29) is 11.9 Å². The lowest BCUT2D eigenvalue weighted by atomic mass is 10.0. The molecule has 1 fully saturated rings. The Hall–Kier alpha value is -0.0800. The summed E-state index contributed by atoms with van der Waals surface area (Å²) in [5, 5.41) is 0. The second-order valence-corrected chi connectivity index (χ2v) is 3.60. The van der Waals surface area contributed by atoms with Crippen molar-refractivity contribution >= 4 is 0 Å². The average Bonchev–Trinajstić information content (AvgIpc) is 1.54. The summed E-state index contributed by atoms with van der Waals surface area (Å²) in [6.07, 6.45) is 1.27. The summed E-state index contributed by atoms with van der Waals surface area (Å²) in [6.45, 7) is 8.23. The molecule has 2 atom stereocenters. The third kappa shape index (κ3) is 1.96. The molecule has 0 bridgehead atoms. The molecule has 60 valence electrons. The maximum Gasteiger partial charge on any atom is 0.155 e. The van der Waals surface area contributed by atoms with Crippen LogP contribution >= 0.6 is 0 Å². The molecule has 1 saturated heterocycles. The Balaban J connectivity index is 2.51. The summed E-state index contributed by atoms with van der Waals surface area (Å²) < 4.78 is 10.9. The van der Waals surface area contributed by atoms with Crippen LogP contribution < -0.4 is 0 Å². The second kappa shape index (κ2) is 2.51. The third-order valence-corrected chi connectivity index (χ3v) is 1.69. The van der Waals surface area contributed by atoms with Crippen molar-refractivity contribution in [3.05, 3.63) is 0 Å². The second-order valence-electron chi connectivity index (χ2n) is 3.60. The largest absolute Gasteiger partial charge is 0.350 e. The Morgan fingerprint density at radius 1 is 1.30 bits per heavy atom. The van der Waals surface area contributed by atoms with Gasteiger partial charge in [-0.15, -0.1) is 0 Å². The van der Waals surface area contributed by atoms with Crippen LogP contribution in [0.25, 0.3) is 0 Å². The lowest BCUT2D eigenvalue weighted by Crippen LogP contribution is -2.41. The van der Waals surface area contributed by atoms with Gasteiger partial charge in [0.1, 0.15) is 0 Å². The van der Waals surface area contributed by atoms with Gasteiger partial charge < -0.3 is 9.47 Å². The van der Waals surface area contributed by atoms with Gasteiger partial charge in [-0.1, -0.05) is 0 Å². The van der Waals surface area contributed by atoms with Gasteiger partial charge in [0.05, 0.1) is 11.7 Å². The number of rotatable bonds is 0. The van der Waals surface area contributed by atoms with Gasteiger partial charge in [0.25, 0.3) is 0 Å². The zero-order valence-corrected chi connectivity index (χ0v) is 7.18. The number of ether oxygens (including phenoxy) is 2. The van der Waals surface area contributed by atoms with Crippen molar-refractivity contribution in [2.75, 3.05) is 0 Å². The van der Waals surface area contributed by atoms with Crippen LogP contribution in [0.1, 0.15) is 34.1 Å². The molecule has 1 heterocycles. The average molecular weight is 144 g/mol. The molecule has 0 aliphatic carbocycles. The first-order valence-corrected chi connectivity index (χ1v) is 3.83. The summed E-state index contributed by atoms with van der Waals surface area (Å²) in [6, 6.07) is 0. The highest BCUT2D eigenvalue weighted by atomic mass is 16.7. The zero-order valence-electron chi connectivity index (χ0n) is 7.18. The van der Waals surface area contributed by atoms with E-state index >= 15 is 0 Å². The molecule has 0 spiro atoms. The summed E-state index contributed by atoms with van der Waals surface area (Å²) in [5.41, 5.74) is -0.00289. The highest BCUT2D eigenvalue weighted by molar-refractivity contribution is 4.76. The van der Waals surface area contributed by atoms with Crippen molar-refractivity contribution in [1.29, 1.82) is 0 Å². The van der Waals surface area contributed by atoms with Gasteiger partial charge in [-0.05, 0) is 27.7 Å². The molecular formula is C8H16O2. The predicted molar refractivity (Wildman–Crippen MR) is 39.8 cm³/mol. The Labute approximate surface area is 62.5 Å². The minimum Gasteiger partial charge on any atom is -0.350 e. The molecular weight excluding hydrogens is 128 g/mol. The van der Waals surface area contributed by atoms with E-state index in [2.05, 4.69) is 20.8 Å². The Bertz CT molecular complexity index is 108. The van der Waals surface area contributed by atoms with Crippen LogP contribution in [0.5, 0.6) is 0 Å². The summed E-state index contributed by atoms with van der Waals surface area (Å²) >= 11 is 0. The Kier molecular flexibility index (Phi) is 2.02. The smallest absolute Gasteiger partial charge is 0.155 e. The van der Waals surface area contributed by atoms with E-state index in [4.69, 9.17) is 9.47 Å². The molecule has 10 heavy (non-hydrogen) atoms. The van der Waals surface area contributed by atoms with Gasteiger partial charge >= 0.3 is 0 Å². The van der Waals surface area contributed by atoms with Crippen LogP contribution in [0.4, 0.5) is 0 Å². The maximum absolute atomic E-state index is 5.52. The molecule has 1 aliphatic heterocycles. The van der Waals surface area contributed by atoms with Crippen LogP contribution in [0, 0.1) is 0 Å². The van der Waals surface area contributed by atoms with E-state index in [0.29, 0.717) is 6.10 Å². The van der Waals surface area contributed by atoms with Crippen molar-refractivity contribution in [2.24, 2.45) is 0 Å². The van der Waals surface area contributed by atoms with Gasteiger partial charge in [0, 0.05) is 6.42 Å². The minimum absolute atomic E-state index is 0.00289. The molecule has 0 radical (unpaired) electrons. The molecule has 2 nitrogen and oxygen atoms in total.